The average molecular weight is 593 g/mol. The molecule has 9 heteroatoms. The van der Waals surface area contributed by atoms with Crippen LogP contribution in [0.3, 0.4) is 0 Å². The summed E-state index contributed by atoms with van der Waals surface area (Å²) >= 11 is 0. The van der Waals surface area contributed by atoms with E-state index >= 15 is 0 Å². The van der Waals surface area contributed by atoms with E-state index in [1.165, 1.54) is 0 Å². The van der Waals surface area contributed by atoms with Gasteiger partial charge in [0, 0.05) is 39.6 Å². The summed E-state index contributed by atoms with van der Waals surface area (Å²) in [5, 5.41) is 10.9. The standard InChI is InChI=1S/C33H52O9/c1-7-20-9-8-10-27(34)17(2)29(36)26-15-24-22(25(26)16-28(35)41-20)12-11-19-13-21(14-23(19)24)42-33-32(39-6)31(38-5)30(37-4)18(3)40-33/h11-12,17-27,30-34H,7-10,13-16H2,1-6H3/t17-,18+,19-,20+,21-,22-,23-,24-,25+,26+,27+,30+,31-,32-,33+/m1/s1. The fraction of sp³-hybridized carbons (Fsp3) is 0.879. The molecule has 2 saturated heterocycles. The van der Waals surface area contributed by atoms with Crippen molar-refractivity contribution in [3.05, 3.63) is 12.2 Å². The molecule has 0 amide bonds. The Bertz CT molecular complexity index is 969. The molecular weight excluding hydrogens is 540 g/mol. The minimum Gasteiger partial charge on any atom is -0.462 e. The number of Topliss-reactive ketones (excluding diaryl/α,β-unsaturated/α-hetero) is 1. The van der Waals surface area contributed by atoms with Gasteiger partial charge in [-0.2, -0.15) is 0 Å². The molecule has 3 aliphatic carbocycles. The van der Waals surface area contributed by atoms with Crippen molar-refractivity contribution in [2.24, 2.45) is 41.4 Å². The Kier molecular flexibility index (Phi) is 10.5. The van der Waals surface area contributed by atoms with Crippen LogP contribution in [0.15, 0.2) is 12.2 Å². The molecule has 5 aliphatic rings. The highest BCUT2D eigenvalue weighted by molar-refractivity contribution is 5.85. The molecule has 9 nitrogen and oxygen atoms in total. The first-order valence-electron chi connectivity index (χ1n) is 16.2. The fourth-order valence-corrected chi connectivity index (χ4v) is 8.93. The van der Waals surface area contributed by atoms with Crippen molar-refractivity contribution in [3.8, 4) is 0 Å². The lowest BCUT2D eigenvalue weighted by Crippen LogP contribution is -2.59. The predicted octanol–water partition coefficient (Wildman–Crippen LogP) is 4.09. The van der Waals surface area contributed by atoms with E-state index in [1.807, 2.05) is 20.8 Å². The van der Waals surface area contributed by atoms with Crippen LogP contribution in [0, 0.1) is 41.4 Å². The number of aliphatic hydroxyl groups is 1. The molecule has 4 fully saturated rings. The third-order valence-corrected chi connectivity index (χ3v) is 11.2. The average Bonchev–Trinajstić information content (AvgIpc) is 3.55. The van der Waals surface area contributed by atoms with Gasteiger partial charge in [-0.1, -0.05) is 26.0 Å². The van der Waals surface area contributed by atoms with Crippen LogP contribution in [0.5, 0.6) is 0 Å². The molecule has 0 aromatic carbocycles. The topological polar surface area (TPSA) is 110 Å². The Morgan fingerprint density at radius 1 is 0.905 bits per heavy atom. The summed E-state index contributed by atoms with van der Waals surface area (Å²) in [6.45, 7) is 5.86. The van der Waals surface area contributed by atoms with Gasteiger partial charge < -0.3 is 33.5 Å². The predicted molar refractivity (Wildman–Crippen MR) is 154 cm³/mol. The quantitative estimate of drug-likeness (QED) is 0.360. The molecule has 2 saturated carbocycles. The molecule has 0 aromatic heterocycles. The number of carbonyl (C=O) groups is 2. The van der Waals surface area contributed by atoms with Crippen molar-refractivity contribution in [1.29, 1.82) is 0 Å². The summed E-state index contributed by atoms with van der Waals surface area (Å²) < 4.78 is 36.0. The van der Waals surface area contributed by atoms with E-state index in [4.69, 9.17) is 28.4 Å². The van der Waals surface area contributed by atoms with E-state index < -0.39 is 24.4 Å². The summed E-state index contributed by atoms with van der Waals surface area (Å²) in [6.07, 6.45) is 7.45. The third-order valence-electron chi connectivity index (χ3n) is 11.2. The summed E-state index contributed by atoms with van der Waals surface area (Å²) in [7, 11) is 4.95. The van der Waals surface area contributed by atoms with Gasteiger partial charge in [0.05, 0.1) is 18.3 Å². The van der Waals surface area contributed by atoms with Crippen LogP contribution in [-0.4, -0.2) is 87.2 Å². The first-order chi connectivity index (χ1) is 20.2. The van der Waals surface area contributed by atoms with Crippen molar-refractivity contribution in [2.75, 3.05) is 21.3 Å². The zero-order valence-corrected chi connectivity index (χ0v) is 26.2. The molecule has 238 valence electrons. The SMILES string of the molecule is CC[C@H]1CCC[C@H](O)[C@@H](C)C(=O)[C@H]2C[C@@H]3[C@@H](C=C[C@@H]4C[C@@H](O[C@@H]5O[C@@H](C)[C@H](OC)[C@@H](OC)[C@H]5OC)C[C@@H]34)[C@@H]2CC(=O)O1. The van der Waals surface area contributed by atoms with E-state index in [0.717, 1.165) is 38.5 Å². The van der Waals surface area contributed by atoms with Crippen LogP contribution in [0.25, 0.3) is 0 Å². The molecule has 1 N–H and O–H groups in total. The molecule has 0 spiro atoms. The Labute approximate surface area is 250 Å². The molecular formula is C33H52O9. The zero-order chi connectivity index (χ0) is 30.1. The third kappa shape index (κ3) is 6.24. The molecule has 42 heavy (non-hydrogen) atoms. The van der Waals surface area contributed by atoms with Gasteiger partial charge in [0.25, 0.3) is 0 Å². The highest BCUT2D eigenvalue weighted by atomic mass is 16.7. The summed E-state index contributed by atoms with van der Waals surface area (Å²) in [5.74, 6) is 0.229. The number of aliphatic hydroxyl groups excluding tert-OH is 1. The van der Waals surface area contributed by atoms with Gasteiger partial charge in [-0.3, -0.25) is 9.59 Å². The minimum atomic E-state index is -0.666. The Balaban J connectivity index is 1.32. The van der Waals surface area contributed by atoms with E-state index in [0.29, 0.717) is 18.3 Å². The van der Waals surface area contributed by atoms with E-state index in [-0.39, 0.29) is 72.4 Å². The largest absolute Gasteiger partial charge is 0.462 e. The maximum Gasteiger partial charge on any atom is 0.306 e. The number of hydrogen-bond acceptors (Lipinski definition) is 9. The number of allylic oxidation sites excluding steroid dienone is 2. The second kappa shape index (κ2) is 13.7. The molecule has 0 aromatic rings. The van der Waals surface area contributed by atoms with E-state index in [2.05, 4.69) is 12.2 Å². The molecule has 0 unspecified atom stereocenters. The second-order valence-corrected chi connectivity index (χ2v) is 13.4. The zero-order valence-electron chi connectivity index (χ0n) is 26.2. The number of cyclic esters (lactones) is 1. The van der Waals surface area contributed by atoms with Crippen LogP contribution in [0.2, 0.25) is 0 Å². The maximum atomic E-state index is 13.8. The molecule has 5 rings (SSSR count). The number of fused-ring (bicyclic) bond motifs is 5. The van der Waals surface area contributed by atoms with E-state index in [1.54, 1.807) is 21.3 Å². The lowest BCUT2D eigenvalue weighted by atomic mass is 9.71. The summed E-state index contributed by atoms with van der Waals surface area (Å²) in [4.78, 5) is 27.0. The van der Waals surface area contributed by atoms with Gasteiger partial charge in [0.15, 0.2) is 6.29 Å². The van der Waals surface area contributed by atoms with Gasteiger partial charge in [-0.25, -0.2) is 0 Å². The van der Waals surface area contributed by atoms with Crippen molar-refractivity contribution >= 4 is 11.8 Å². The number of rotatable bonds is 6. The monoisotopic (exact) mass is 592 g/mol. The van der Waals surface area contributed by atoms with Crippen molar-refractivity contribution in [3.63, 3.8) is 0 Å². The summed E-state index contributed by atoms with van der Waals surface area (Å²) in [5.41, 5.74) is 0. The van der Waals surface area contributed by atoms with Crippen LogP contribution >= 0.6 is 0 Å². The summed E-state index contributed by atoms with van der Waals surface area (Å²) in [6, 6.07) is 0. The number of carbonyl (C=O) groups excluding carboxylic acids is 2. The Morgan fingerprint density at radius 3 is 2.33 bits per heavy atom. The highest BCUT2D eigenvalue weighted by Crippen LogP contribution is 2.57. The van der Waals surface area contributed by atoms with Crippen molar-refractivity contribution < 1.29 is 43.1 Å². The highest BCUT2D eigenvalue weighted by Gasteiger charge is 2.55. The number of ketones is 1. The fourth-order valence-electron chi connectivity index (χ4n) is 8.93. The van der Waals surface area contributed by atoms with Crippen LogP contribution in [0.4, 0.5) is 0 Å². The first kappa shape index (κ1) is 32.0. The maximum absolute atomic E-state index is 13.8. The molecule has 0 radical (unpaired) electrons. The Hall–Kier alpha value is -1.36. The molecule has 2 heterocycles. The number of methoxy groups -OCH3 is 3. The molecule has 2 aliphatic heterocycles. The van der Waals surface area contributed by atoms with E-state index in [9.17, 15) is 14.7 Å². The van der Waals surface area contributed by atoms with Crippen LogP contribution in [-0.2, 0) is 38.0 Å². The van der Waals surface area contributed by atoms with Crippen LogP contribution in [0.1, 0.15) is 72.1 Å². The second-order valence-electron chi connectivity index (χ2n) is 13.4. The van der Waals surface area contributed by atoms with Gasteiger partial charge in [0.1, 0.15) is 30.2 Å². The molecule has 0 bridgehead atoms. The molecule has 15 atom stereocenters. The normalized spacial score (nSPS) is 48.0. The van der Waals surface area contributed by atoms with Gasteiger partial charge in [-0.15, -0.1) is 0 Å². The van der Waals surface area contributed by atoms with Gasteiger partial charge in [-0.05, 0) is 81.5 Å². The van der Waals surface area contributed by atoms with Gasteiger partial charge in [0.2, 0.25) is 0 Å². The number of hydrogen-bond donors (Lipinski definition) is 1. The number of esters is 1. The lowest BCUT2D eigenvalue weighted by Gasteiger charge is -2.44. The van der Waals surface area contributed by atoms with Crippen molar-refractivity contribution in [2.45, 2.75) is 121 Å². The lowest BCUT2D eigenvalue weighted by molar-refractivity contribution is -0.314. The first-order valence-corrected chi connectivity index (χ1v) is 16.2. The Morgan fingerprint density at radius 2 is 1.64 bits per heavy atom. The van der Waals surface area contributed by atoms with Gasteiger partial charge >= 0.3 is 5.97 Å². The minimum absolute atomic E-state index is 0.0202. The van der Waals surface area contributed by atoms with Crippen molar-refractivity contribution in [1.82, 2.24) is 0 Å². The smallest absolute Gasteiger partial charge is 0.306 e. The number of ether oxygens (including phenoxy) is 6. The van der Waals surface area contributed by atoms with Crippen LogP contribution < -0.4 is 0 Å².